The zero-order valence-electron chi connectivity index (χ0n) is 12.4. The van der Waals surface area contributed by atoms with E-state index in [0.29, 0.717) is 10.9 Å². The van der Waals surface area contributed by atoms with Gasteiger partial charge in [-0.1, -0.05) is 11.6 Å². The van der Waals surface area contributed by atoms with Crippen molar-refractivity contribution in [3.63, 3.8) is 0 Å². The molecule has 1 aliphatic heterocycles. The fourth-order valence-electron chi connectivity index (χ4n) is 2.84. The number of pyridine rings is 1. The second kappa shape index (κ2) is 6.63. The minimum Gasteiger partial charge on any atom is -0.485 e. The molecule has 1 aromatic heterocycles. The van der Waals surface area contributed by atoms with Crippen LogP contribution in [0.5, 0.6) is 5.75 Å². The Morgan fingerprint density at radius 1 is 1.36 bits per heavy atom. The van der Waals surface area contributed by atoms with Crippen LogP contribution in [0.3, 0.4) is 0 Å². The maximum absolute atomic E-state index is 13.5. The van der Waals surface area contributed by atoms with Crippen LogP contribution >= 0.6 is 11.6 Å². The highest BCUT2D eigenvalue weighted by Crippen LogP contribution is 2.34. The SMILES string of the molecule is Cc1cc(Cl)ccc1OC(c1cncc(F)c1)C1CCNC1. The summed E-state index contributed by atoms with van der Waals surface area (Å²) in [6.07, 6.45) is 3.66. The number of hydrogen-bond donors (Lipinski definition) is 1. The first-order valence-electron chi connectivity index (χ1n) is 7.37. The van der Waals surface area contributed by atoms with E-state index in [4.69, 9.17) is 16.3 Å². The zero-order chi connectivity index (χ0) is 15.5. The van der Waals surface area contributed by atoms with Crippen molar-refractivity contribution in [3.8, 4) is 5.75 Å². The Bertz CT molecular complexity index is 659. The smallest absolute Gasteiger partial charge is 0.141 e. The predicted molar refractivity (Wildman–Crippen MR) is 84.7 cm³/mol. The van der Waals surface area contributed by atoms with E-state index in [9.17, 15) is 4.39 Å². The largest absolute Gasteiger partial charge is 0.485 e. The Balaban J connectivity index is 1.91. The van der Waals surface area contributed by atoms with Gasteiger partial charge in [-0.3, -0.25) is 4.98 Å². The van der Waals surface area contributed by atoms with Crippen LogP contribution in [0.2, 0.25) is 5.02 Å². The second-order valence-electron chi connectivity index (χ2n) is 5.64. The van der Waals surface area contributed by atoms with Gasteiger partial charge in [0, 0.05) is 29.2 Å². The molecule has 2 aromatic rings. The summed E-state index contributed by atoms with van der Waals surface area (Å²) in [6.45, 7) is 3.76. The summed E-state index contributed by atoms with van der Waals surface area (Å²) in [5.41, 5.74) is 1.73. The molecule has 0 aliphatic carbocycles. The first-order valence-corrected chi connectivity index (χ1v) is 7.75. The van der Waals surface area contributed by atoms with Crippen LogP contribution < -0.4 is 10.1 Å². The van der Waals surface area contributed by atoms with E-state index in [0.717, 1.165) is 36.4 Å². The minimum atomic E-state index is -0.343. The van der Waals surface area contributed by atoms with Crippen LogP contribution in [0, 0.1) is 18.7 Å². The lowest BCUT2D eigenvalue weighted by atomic mass is 9.95. The predicted octanol–water partition coefficient (Wildman–Crippen LogP) is 3.91. The molecule has 0 radical (unpaired) electrons. The molecular formula is C17H18ClFN2O. The second-order valence-corrected chi connectivity index (χ2v) is 6.07. The molecular weight excluding hydrogens is 303 g/mol. The zero-order valence-corrected chi connectivity index (χ0v) is 13.1. The molecule has 2 heterocycles. The van der Waals surface area contributed by atoms with Crippen molar-refractivity contribution >= 4 is 11.6 Å². The monoisotopic (exact) mass is 320 g/mol. The molecule has 0 spiro atoms. The summed E-state index contributed by atoms with van der Waals surface area (Å²) in [5, 5.41) is 4.01. The number of aryl methyl sites for hydroxylation is 1. The van der Waals surface area contributed by atoms with Crippen molar-refractivity contribution in [2.24, 2.45) is 5.92 Å². The Kier molecular flexibility index (Phi) is 4.60. The van der Waals surface area contributed by atoms with Gasteiger partial charge in [-0.05, 0) is 49.7 Å². The molecule has 2 atom stereocenters. The minimum absolute atomic E-state index is 0.224. The summed E-state index contributed by atoms with van der Waals surface area (Å²) in [4.78, 5) is 3.96. The molecule has 0 bridgehead atoms. The van der Waals surface area contributed by atoms with Gasteiger partial charge in [-0.2, -0.15) is 0 Å². The van der Waals surface area contributed by atoms with E-state index in [2.05, 4.69) is 10.3 Å². The Morgan fingerprint density at radius 2 is 2.23 bits per heavy atom. The van der Waals surface area contributed by atoms with Crippen molar-refractivity contribution in [1.82, 2.24) is 10.3 Å². The van der Waals surface area contributed by atoms with Crippen LogP contribution in [0.15, 0.2) is 36.7 Å². The third-order valence-electron chi connectivity index (χ3n) is 3.97. The van der Waals surface area contributed by atoms with Crippen LogP contribution in [0.4, 0.5) is 4.39 Å². The van der Waals surface area contributed by atoms with E-state index in [1.54, 1.807) is 12.3 Å². The summed E-state index contributed by atoms with van der Waals surface area (Å²) in [5.74, 6) is 0.717. The highest BCUT2D eigenvalue weighted by atomic mass is 35.5. The standard InChI is InChI=1S/C17H18ClFN2O/c1-11-6-14(18)2-3-16(11)22-17(12-4-5-20-8-12)13-7-15(19)10-21-9-13/h2-3,6-7,9-10,12,17,20H,4-5,8H2,1H3. The first kappa shape index (κ1) is 15.3. The maximum Gasteiger partial charge on any atom is 0.141 e. The van der Waals surface area contributed by atoms with Crippen molar-refractivity contribution in [1.29, 1.82) is 0 Å². The van der Waals surface area contributed by atoms with E-state index in [1.807, 2.05) is 19.1 Å². The molecule has 22 heavy (non-hydrogen) atoms. The number of halogens is 2. The highest BCUT2D eigenvalue weighted by molar-refractivity contribution is 6.30. The topological polar surface area (TPSA) is 34.1 Å². The van der Waals surface area contributed by atoms with Gasteiger partial charge in [0.05, 0.1) is 6.20 Å². The van der Waals surface area contributed by atoms with Gasteiger partial charge < -0.3 is 10.1 Å². The third kappa shape index (κ3) is 3.39. The number of nitrogens with one attached hydrogen (secondary N) is 1. The molecule has 3 nitrogen and oxygen atoms in total. The van der Waals surface area contributed by atoms with Crippen molar-refractivity contribution < 1.29 is 9.13 Å². The van der Waals surface area contributed by atoms with E-state index >= 15 is 0 Å². The van der Waals surface area contributed by atoms with Gasteiger partial charge in [-0.15, -0.1) is 0 Å². The quantitative estimate of drug-likeness (QED) is 0.927. The summed E-state index contributed by atoms with van der Waals surface area (Å²) < 4.78 is 19.8. The van der Waals surface area contributed by atoms with Crippen molar-refractivity contribution in [2.45, 2.75) is 19.4 Å². The molecule has 1 saturated heterocycles. The maximum atomic E-state index is 13.5. The molecule has 3 rings (SSSR count). The van der Waals surface area contributed by atoms with E-state index in [-0.39, 0.29) is 11.9 Å². The van der Waals surface area contributed by atoms with Crippen LogP contribution in [0.1, 0.15) is 23.7 Å². The van der Waals surface area contributed by atoms with Gasteiger partial charge in [0.1, 0.15) is 17.7 Å². The lowest BCUT2D eigenvalue weighted by Gasteiger charge is -2.25. The van der Waals surface area contributed by atoms with Crippen LogP contribution in [0.25, 0.3) is 0 Å². The lowest BCUT2D eigenvalue weighted by Crippen LogP contribution is -2.22. The molecule has 0 amide bonds. The summed E-state index contributed by atoms with van der Waals surface area (Å²) >= 11 is 5.99. The van der Waals surface area contributed by atoms with Gasteiger partial charge in [-0.25, -0.2) is 4.39 Å². The van der Waals surface area contributed by atoms with Crippen LogP contribution in [-0.2, 0) is 0 Å². The molecule has 1 aromatic carbocycles. The molecule has 5 heteroatoms. The van der Waals surface area contributed by atoms with E-state index in [1.165, 1.54) is 12.3 Å². The Morgan fingerprint density at radius 3 is 2.91 bits per heavy atom. The average Bonchev–Trinajstić information content (AvgIpc) is 3.00. The number of hydrogen-bond acceptors (Lipinski definition) is 3. The molecule has 1 aliphatic rings. The summed E-state index contributed by atoms with van der Waals surface area (Å²) in [7, 11) is 0. The molecule has 116 valence electrons. The Labute approximate surface area is 134 Å². The van der Waals surface area contributed by atoms with Crippen LogP contribution in [-0.4, -0.2) is 18.1 Å². The molecule has 2 unspecified atom stereocenters. The molecule has 1 fully saturated rings. The van der Waals surface area contributed by atoms with Gasteiger partial charge in [0.25, 0.3) is 0 Å². The van der Waals surface area contributed by atoms with Gasteiger partial charge in [0.2, 0.25) is 0 Å². The third-order valence-corrected chi connectivity index (χ3v) is 4.21. The highest BCUT2D eigenvalue weighted by Gasteiger charge is 2.29. The first-order chi connectivity index (χ1) is 10.6. The number of nitrogens with zero attached hydrogens (tertiary/aromatic N) is 1. The fraction of sp³-hybridized carbons (Fsp3) is 0.353. The van der Waals surface area contributed by atoms with Gasteiger partial charge >= 0.3 is 0 Å². The molecule has 0 saturated carbocycles. The number of ether oxygens (including phenoxy) is 1. The number of benzene rings is 1. The van der Waals surface area contributed by atoms with Crippen molar-refractivity contribution in [3.05, 3.63) is 58.6 Å². The van der Waals surface area contributed by atoms with Gasteiger partial charge in [0.15, 0.2) is 0 Å². The van der Waals surface area contributed by atoms with E-state index < -0.39 is 0 Å². The number of aromatic nitrogens is 1. The Hall–Kier alpha value is -1.65. The van der Waals surface area contributed by atoms with Crippen molar-refractivity contribution in [2.75, 3.05) is 13.1 Å². The fourth-order valence-corrected chi connectivity index (χ4v) is 3.06. The number of rotatable bonds is 4. The molecule has 1 N–H and O–H groups in total. The summed E-state index contributed by atoms with van der Waals surface area (Å²) in [6, 6.07) is 7.03. The lowest BCUT2D eigenvalue weighted by molar-refractivity contribution is 0.142. The normalized spacial score (nSPS) is 19.1. The average molecular weight is 321 g/mol.